The topological polar surface area (TPSA) is 161 Å². The number of benzene rings is 2. The number of aromatic nitrogens is 6. The van der Waals surface area contributed by atoms with Gasteiger partial charge >= 0.3 is 12.1 Å². The standard InChI is InChI=1S/C36H38Cl2F3N9O4/c1-3-28(51)46-26-15-27(31(30(26)52)54-34(53)36(39,40)41)50-19-45-29-32(47-35(48-33(29)50)42-14-13-24-17-49(4-2)18-44-24)43-16-25(20-5-9-22(37)10-6-20)21-7-11-23(38)12-8-21/h5-12,17-19,25-27,30-31,52H,3-4,13-16H2,1-2H3,(H,46,51)(H2,42,43,47,48)/t26-,27+,30+,31-/m0/s1. The summed E-state index contributed by atoms with van der Waals surface area (Å²) in [5.41, 5.74) is 3.20. The predicted molar refractivity (Wildman–Crippen MR) is 196 cm³/mol. The molecule has 1 aliphatic rings. The van der Waals surface area contributed by atoms with E-state index in [2.05, 4.69) is 25.9 Å². The van der Waals surface area contributed by atoms with Crippen molar-refractivity contribution in [3.8, 4) is 0 Å². The van der Waals surface area contributed by atoms with Crippen LogP contribution in [-0.4, -0.2) is 83.6 Å². The van der Waals surface area contributed by atoms with E-state index in [9.17, 15) is 27.9 Å². The van der Waals surface area contributed by atoms with E-state index in [0.29, 0.717) is 35.4 Å². The largest absolute Gasteiger partial charge is 0.490 e. The lowest BCUT2D eigenvalue weighted by Crippen LogP contribution is -2.45. The molecule has 0 aliphatic heterocycles. The molecule has 0 radical (unpaired) electrons. The zero-order chi connectivity index (χ0) is 38.6. The van der Waals surface area contributed by atoms with Crippen LogP contribution >= 0.6 is 23.2 Å². The smallest absolute Gasteiger partial charge is 0.451 e. The number of anilines is 2. The number of ether oxygens (including phenoxy) is 1. The molecule has 4 N–H and O–H groups in total. The SMILES string of the molecule is CCC(=O)N[C@H]1C[C@@H](n2cnc3c(NCC(c4ccc(Cl)cc4)c4ccc(Cl)cc4)nc(NCCc4cn(CC)cn4)nc32)[C@H](OC(=O)C(F)(F)F)[C@@H]1O. The molecule has 54 heavy (non-hydrogen) atoms. The average molecular weight is 789 g/mol. The Morgan fingerprint density at radius 3 is 2.24 bits per heavy atom. The highest BCUT2D eigenvalue weighted by atomic mass is 35.5. The van der Waals surface area contributed by atoms with Crippen molar-refractivity contribution in [1.29, 1.82) is 0 Å². The molecule has 1 aliphatic carbocycles. The summed E-state index contributed by atoms with van der Waals surface area (Å²) < 4.78 is 48.5. The number of nitrogens with zero attached hydrogens (tertiary/aromatic N) is 6. The summed E-state index contributed by atoms with van der Waals surface area (Å²) in [5.74, 6) is -2.63. The van der Waals surface area contributed by atoms with Gasteiger partial charge < -0.3 is 34.9 Å². The molecular formula is C36H38Cl2F3N9O4. The van der Waals surface area contributed by atoms with Gasteiger partial charge in [-0.3, -0.25) is 4.79 Å². The van der Waals surface area contributed by atoms with Crippen LogP contribution in [0.5, 0.6) is 0 Å². The summed E-state index contributed by atoms with van der Waals surface area (Å²) in [6, 6.07) is 12.7. The molecule has 1 saturated carbocycles. The number of carbonyl (C=O) groups is 2. The lowest BCUT2D eigenvalue weighted by Gasteiger charge is -2.24. The van der Waals surface area contributed by atoms with Gasteiger partial charge in [0.05, 0.1) is 30.4 Å². The van der Waals surface area contributed by atoms with Crippen LogP contribution in [0.2, 0.25) is 10.0 Å². The van der Waals surface area contributed by atoms with Crippen LogP contribution in [0.15, 0.2) is 67.4 Å². The van der Waals surface area contributed by atoms with Gasteiger partial charge in [-0.15, -0.1) is 0 Å². The fourth-order valence-corrected chi connectivity index (χ4v) is 6.70. The number of alkyl halides is 3. The zero-order valence-electron chi connectivity index (χ0n) is 29.2. The van der Waals surface area contributed by atoms with E-state index in [1.165, 1.54) is 10.9 Å². The quantitative estimate of drug-likeness (QED) is 0.0995. The normalized spacial score (nSPS) is 18.6. The molecule has 3 heterocycles. The summed E-state index contributed by atoms with van der Waals surface area (Å²) in [6.45, 7) is 5.07. The fourth-order valence-electron chi connectivity index (χ4n) is 6.44. The van der Waals surface area contributed by atoms with Crippen LogP contribution < -0.4 is 16.0 Å². The molecule has 2 aromatic carbocycles. The number of halogens is 5. The molecule has 13 nitrogen and oxygen atoms in total. The average Bonchev–Trinajstić information content (AvgIpc) is 3.87. The van der Waals surface area contributed by atoms with E-state index in [1.807, 2.05) is 42.0 Å². The van der Waals surface area contributed by atoms with Crippen molar-refractivity contribution in [3.05, 3.63) is 94.2 Å². The van der Waals surface area contributed by atoms with E-state index in [4.69, 9.17) is 37.9 Å². The van der Waals surface area contributed by atoms with E-state index in [0.717, 1.165) is 23.4 Å². The van der Waals surface area contributed by atoms with E-state index in [1.54, 1.807) is 37.5 Å². The Labute approximate surface area is 318 Å². The van der Waals surface area contributed by atoms with Gasteiger partial charge in [-0.25, -0.2) is 14.8 Å². The molecule has 1 fully saturated rings. The molecule has 0 saturated heterocycles. The number of hydrogen-bond donors (Lipinski definition) is 4. The minimum atomic E-state index is -5.32. The first-order chi connectivity index (χ1) is 25.8. The van der Waals surface area contributed by atoms with Gasteiger partial charge in [0, 0.05) is 54.6 Å². The molecule has 5 aromatic rings. The zero-order valence-corrected chi connectivity index (χ0v) is 30.7. The summed E-state index contributed by atoms with van der Waals surface area (Å²) in [4.78, 5) is 42.8. The second-order valence-corrected chi connectivity index (χ2v) is 13.7. The molecule has 3 aromatic heterocycles. The minimum absolute atomic E-state index is 0.0674. The van der Waals surface area contributed by atoms with Crippen LogP contribution in [0.1, 0.15) is 55.5 Å². The van der Waals surface area contributed by atoms with Crippen LogP contribution in [0.4, 0.5) is 24.9 Å². The molecule has 0 unspecified atom stereocenters. The molecule has 4 atom stereocenters. The fraction of sp³-hybridized carbons (Fsp3) is 0.389. The number of aliphatic hydroxyl groups excluding tert-OH is 1. The van der Waals surface area contributed by atoms with Gasteiger partial charge in [0.15, 0.2) is 23.1 Å². The summed E-state index contributed by atoms with van der Waals surface area (Å²) in [6.07, 6.45) is -3.14. The van der Waals surface area contributed by atoms with Gasteiger partial charge in [-0.1, -0.05) is 54.4 Å². The van der Waals surface area contributed by atoms with E-state index in [-0.39, 0.29) is 35.9 Å². The maximum Gasteiger partial charge on any atom is 0.490 e. The lowest BCUT2D eigenvalue weighted by molar-refractivity contribution is -0.209. The molecule has 18 heteroatoms. The number of aliphatic hydroxyl groups is 1. The number of imidazole rings is 2. The molecule has 6 rings (SSSR count). The van der Waals surface area contributed by atoms with Gasteiger partial charge in [0.2, 0.25) is 11.9 Å². The first kappa shape index (κ1) is 38.8. The number of fused-ring (bicyclic) bond motifs is 1. The van der Waals surface area contributed by atoms with Crippen LogP contribution in [0.25, 0.3) is 11.2 Å². The molecule has 286 valence electrons. The van der Waals surface area contributed by atoms with E-state index >= 15 is 0 Å². The second-order valence-electron chi connectivity index (χ2n) is 12.8. The molecule has 1 amide bonds. The second kappa shape index (κ2) is 16.6. The summed E-state index contributed by atoms with van der Waals surface area (Å²) in [7, 11) is 0. The molecule has 0 bridgehead atoms. The first-order valence-corrected chi connectivity index (χ1v) is 18.1. The molecule has 0 spiro atoms. The maximum absolute atomic E-state index is 13.4. The van der Waals surface area contributed by atoms with Crippen LogP contribution in [-0.2, 0) is 27.3 Å². The third-order valence-electron chi connectivity index (χ3n) is 9.28. The third kappa shape index (κ3) is 8.88. The Kier molecular flexibility index (Phi) is 11.9. The monoisotopic (exact) mass is 787 g/mol. The van der Waals surface area contributed by atoms with Crippen LogP contribution in [0, 0.1) is 0 Å². The Hall–Kier alpha value is -4.93. The summed E-state index contributed by atoms with van der Waals surface area (Å²) in [5, 5.41) is 21.5. The highest BCUT2D eigenvalue weighted by molar-refractivity contribution is 6.30. The maximum atomic E-state index is 13.4. The number of amides is 1. The lowest BCUT2D eigenvalue weighted by atomic mass is 9.91. The van der Waals surface area contributed by atoms with Crippen molar-refractivity contribution in [2.24, 2.45) is 0 Å². The van der Waals surface area contributed by atoms with Crippen molar-refractivity contribution in [1.82, 2.24) is 34.4 Å². The Bertz CT molecular complexity index is 2030. The Morgan fingerprint density at radius 1 is 0.981 bits per heavy atom. The van der Waals surface area contributed by atoms with Crippen molar-refractivity contribution < 1.29 is 32.6 Å². The number of carbonyl (C=O) groups excluding carboxylic acids is 2. The number of nitrogens with one attached hydrogen (secondary N) is 3. The number of rotatable bonds is 14. The van der Waals surface area contributed by atoms with Crippen LogP contribution in [0.3, 0.4) is 0 Å². The summed E-state index contributed by atoms with van der Waals surface area (Å²) >= 11 is 12.4. The van der Waals surface area contributed by atoms with Crippen molar-refractivity contribution >= 4 is 58.0 Å². The highest BCUT2D eigenvalue weighted by Crippen LogP contribution is 2.38. The van der Waals surface area contributed by atoms with Crippen molar-refractivity contribution in [2.45, 2.75) is 76.0 Å². The van der Waals surface area contributed by atoms with Gasteiger partial charge in [-0.05, 0) is 48.7 Å². The van der Waals surface area contributed by atoms with E-state index < -0.39 is 42.3 Å². The third-order valence-corrected chi connectivity index (χ3v) is 9.78. The van der Waals surface area contributed by atoms with Crippen molar-refractivity contribution in [3.63, 3.8) is 0 Å². The Morgan fingerprint density at radius 2 is 1.65 bits per heavy atom. The Balaban J connectivity index is 1.37. The number of hydrogen-bond acceptors (Lipinski definition) is 10. The van der Waals surface area contributed by atoms with Gasteiger partial charge in [0.1, 0.15) is 6.10 Å². The molecular weight excluding hydrogens is 750 g/mol. The highest BCUT2D eigenvalue weighted by Gasteiger charge is 2.51. The van der Waals surface area contributed by atoms with Crippen molar-refractivity contribution in [2.75, 3.05) is 23.7 Å². The first-order valence-electron chi connectivity index (χ1n) is 17.3. The number of esters is 1. The number of aryl methyl sites for hydroxylation is 1. The minimum Gasteiger partial charge on any atom is -0.451 e. The van der Waals surface area contributed by atoms with Gasteiger partial charge in [-0.2, -0.15) is 23.1 Å². The van der Waals surface area contributed by atoms with Gasteiger partial charge in [0.25, 0.3) is 0 Å². The predicted octanol–water partition coefficient (Wildman–Crippen LogP) is 5.92.